The maximum Gasteiger partial charge on any atom is 0.105 e. The van der Waals surface area contributed by atoms with E-state index < -0.39 is 0 Å². The van der Waals surface area contributed by atoms with Gasteiger partial charge in [-0.2, -0.15) is 0 Å². The second kappa shape index (κ2) is 4.77. The second-order valence-electron chi connectivity index (χ2n) is 2.42. The lowest BCUT2D eigenvalue weighted by Crippen LogP contribution is -2.28. The summed E-state index contributed by atoms with van der Waals surface area (Å²) in [6, 6.07) is 4.47. The summed E-state index contributed by atoms with van der Waals surface area (Å²) in [6.45, 7) is 0. The molecule has 0 spiro atoms. The molecule has 1 atom stereocenters. The quantitative estimate of drug-likeness (QED) is 0.664. The molecule has 0 aliphatic carbocycles. The SMILES string of the molecule is CNC(CI)Cc1ccco1. The van der Waals surface area contributed by atoms with Crippen LogP contribution < -0.4 is 5.32 Å². The highest BCUT2D eigenvalue weighted by atomic mass is 127. The minimum absolute atomic E-state index is 0.529. The van der Waals surface area contributed by atoms with Gasteiger partial charge in [0.15, 0.2) is 0 Å². The van der Waals surface area contributed by atoms with E-state index in [0.29, 0.717) is 6.04 Å². The standard InChI is InChI=1S/C8H12INO/c1-10-7(6-9)5-8-3-2-4-11-8/h2-4,7,10H,5-6H2,1H3. The monoisotopic (exact) mass is 265 g/mol. The number of likely N-dealkylation sites (N-methyl/N-ethyl adjacent to an activating group) is 1. The number of halogens is 1. The first-order valence-electron chi connectivity index (χ1n) is 3.62. The molecule has 0 aromatic carbocycles. The van der Waals surface area contributed by atoms with E-state index in [1.165, 1.54) is 0 Å². The van der Waals surface area contributed by atoms with E-state index in [4.69, 9.17) is 4.42 Å². The van der Waals surface area contributed by atoms with Crippen molar-refractivity contribution in [2.75, 3.05) is 11.5 Å². The Balaban J connectivity index is 2.41. The molecule has 11 heavy (non-hydrogen) atoms. The predicted octanol–water partition coefficient (Wildman–Crippen LogP) is 1.85. The van der Waals surface area contributed by atoms with E-state index in [2.05, 4.69) is 27.9 Å². The number of furan rings is 1. The molecule has 3 heteroatoms. The van der Waals surface area contributed by atoms with Gasteiger partial charge in [-0.1, -0.05) is 22.6 Å². The summed E-state index contributed by atoms with van der Waals surface area (Å²) in [5, 5.41) is 3.22. The van der Waals surface area contributed by atoms with E-state index >= 15 is 0 Å². The number of hydrogen-bond acceptors (Lipinski definition) is 2. The Morgan fingerprint density at radius 3 is 3.00 bits per heavy atom. The molecular weight excluding hydrogens is 253 g/mol. The van der Waals surface area contributed by atoms with Crippen LogP contribution in [0.3, 0.4) is 0 Å². The van der Waals surface area contributed by atoms with Gasteiger partial charge in [-0.3, -0.25) is 0 Å². The van der Waals surface area contributed by atoms with Gasteiger partial charge in [0.2, 0.25) is 0 Å². The van der Waals surface area contributed by atoms with Crippen molar-refractivity contribution in [3.8, 4) is 0 Å². The molecule has 1 heterocycles. The fraction of sp³-hybridized carbons (Fsp3) is 0.500. The van der Waals surface area contributed by atoms with Crippen LogP contribution in [-0.4, -0.2) is 17.5 Å². The van der Waals surface area contributed by atoms with Crippen molar-refractivity contribution in [2.45, 2.75) is 12.5 Å². The zero-order valence-electron chi connectivity index (χ0n) is 6.51. The van der Waals surface area contributed by atoms with E-state index in [-0.39, 0.29) is 0 Å². The summed E-state index contributed by atoms with van der Waals surface area (Å²) in [6.07, 6.45) is 2.70. The maximum atomic E-state index is 5.22. The highest BCUT2D eigenvalue weighted by Crippen LogP contribution is 2.05. The minimum atomic E-state index is 0.529. The molecule has 0 saturated carbocycles. The Bertz CT molecular complexity index is 182. The van der Waals surface area contributed by atoms with Crippen LogP contribution in [-0.2, 0) is 6.42 Å². The van der Waals surface area contributed by atoms with Crippen molar-refractivity contribution in [3.63, 3.8) is 0 Å². The fourth-order valence-corrected chi connectivity index (χ4v) is 1.66. The third kappa shape index (κ3) is 2.83. The van der Waals surface area contributed by atoms with Crippen LogP contribution in [0.4, 0.5) is 0 Å². The Hall–Kier alpha value is -0.0300. The summed E-state index contributed by atoms with van der Waals surface area (Å²) < 4.78 is 6.33. The normalized spacial score (nSPS) is 13.3. The first-order valence-corrected chi connectivity index (χ1v) is 5.15. The molecule has 1 aromatic heterocycles. The van der Waals surface area contributed by atoms with Crippen LogP contribution in [0.15, 0.2) is 22.8 Å². The minimum Gasteiger partial charge on any atom is -0.469 e. The zero-order valence-corrected chi connectivity index (χ0v) is 8.67. The van der Waals surface area contributed by atoms with Gasteiger partial charge >= 0.3 is 0 Å². The molecular formula is C8H12INO. The number of alkyl halides is 1. The highest BCUT2D eigenvalue weighted by Gasteiger charge is 2.05. The maximum absolute atomic E-state index is 5.22. The van der Waals surface area contributed by atoms with Crippen molar-refractivity contribution < 1.29 is 4.42 Å². The molecule has 0 aliphatic heterocycles. The molecule has 1 N–H and O–H groups in total. The number of rotatable bonds is 4. The van der Waals surface area contributed by atoms with Crippen LogP contribution in [0.5, 0.6) is 0 Å². The van der Waals surface area contributed by atoms with Gasteiger partial charge in [0, 0.05) is 16.9 Å². The lowest BCUT2D eigenvalue weighted by molar-refractivity contribution is 0.476. The van der Waals surface area contributed by atoms with E-state index in [9.17, 15) is 0 Å². The second-order valence-corrected chi connectivity index (χ2v) is 3.30. The van der Waals surface area contributed by atoms with Crippen molar-refractivity contribution in [1.29, 1.82) is 0 Å². The third-order valence-electron chi connectivity index (χ3n) is 1.62. The highest BCUT2D eigenvalue weighted by molar-refractivity contribution is 14.1. The lowest BCUT2D eigenvalue weighted by atomic mass is 10.2. The van der Waals surface area contributed by atoms with Gasteiger partial charge in [-0.15, -0.1) is 0 Å². The van der Waals surface area contributed by atoms with Crippen molar-refractivity contribution in [2.24, 2.45) is 0 Å². The molecule has 1 rings (SSSR count). The molecule has 62 valence electrons. The summed E-state index contributed by atoms with van der Waals surface area (Å²) >= 11 is 2.37. The average Bonchev–Trinajstić information content (AvgIpc) is 2.52. The summed E-state index contributed by atoms with van der Waals surface area (Å²) in [7, 11) is 1.98. The molecule has 1 aromatic rings. The van der Waals surface area contributed by atoms with E-state index in [1.54, 1.807) is 6.26 Å². The molecule has 0 saturated heterocycles. The van der Waals surface area contributed by atoms with Gasteiger partial charge in [-0.05, 0) is 19.2 Å². The molecule has 0 amide bonds. The van der Waals surface area contributed by atoms with Crippen molar-refractivity contribution >= 4 is 22.6 Å². The van der Waals surface area contributed by atoms with Crippen molar-refractivity contribution in [3.05, 3.63) is 24.2 Å². The van der Waals surface area contributed by atoms with Gasteiger partial charge < -0.3 is 9.73 Å². The Kier molecular flexibility index (Phi) is 3.93. The zero-order chi connectivity index (χ0) is 8.10. The number of nitrogens with one attached hydrogen (secondary N) is 1. The Labute approximate surface area is 80.5 Å². The fourth-order valence-electron chi connectivity index (χ4n) is 0.905. The molecule has 0 fully saturated rings. The summed E-state index contributed by atoms with van der Waals surface area (Å²) in [5.74, 6) is 1.06. The van der Waals surface area contributed by atoms with Crippen LogP contribution in [0.2, 0.25) is 0 Å². The number of hydrogen-bond donors (Lipinski definition) is 1. The Morgan fingerprint density at radius 2 is 2.55 bits per heavy atom. The lowest BCUT2D eigenvalue weighted by Gasteiger charge is -2.09. The molecule has 0 aliphatic rings. The first kappa shape index (κ1) is 9.06. The molecule has 0 bridgehead atoms. The third-order valence-corrected chi connectivity index (χ3v) is 2.69. The van der Waals surface area contributed by atoms with Gasteiger partial charge in [-0.25, -0.2) is 0 Å². The van der Waals surface area contributed by atoms with Crippen molar-refractivity contribution in [1.82, 2.24) is 5.32 Å². The Morgan fingerprint density at radius 1 is 1.73 bits per heavy atom. The topological polar surface area (TPSA) is 25.2 Å². The van der Waals surface area contributed by atoms with Gasteiger partial charge in [0.05, 0.1) is 6.26 Å². The van der Waals surface area contributed by atoms with E-state index in [0.717, 1.165) is 16.6 Å². The van der Waals surface area contributed by atoms with Crippen LogP contribution in [0, 0.1) is 0 Å². The largest absolute Gasteiger partial charge is 0.469 e. The van der Waals surface area contributed by atoms with Crippen LogP contribution in [0.25, 0.3) is 0 Å². The molecule has 2 nitrogen and oxygen atoms in total. The average molecular weight is 265 g/mol. The molecule has 1 unspecified atom stereocenters. The van der Waals surface area contributed by atoms with Gasteiger partial charge in [0.1, 0.15) is 5.76 Å². The van der Waals surface area contributed by atoms with E-state index in [1.807, 2.05) is 19.2 Å². The van der Waals surface area contributed by atoms with Gasteiger partial charge in [0.25, 0.3) is 0 Å². The predicted molar refractivity (Wildman–Crippen MR) is 54.1 cm³/mol. The summed E-state index contributed by atoms with van der Waals surface area (Å²) in [5.41, 5.74) is 0. The summed E-state index contributed by atoms with van der Waals surface area (Å²) in [4.78, 5) is 0. The molecule has 0 radical (unpaired) electrons. The first-order chi connectivity index (χ1) is 5.36. The smallest absolute Gasteiger partial charge is 0.105 e. The van der Waals surface area contributed by atoms with Crippen LogP contribution >= 0.6 is 22.6 Å². The van der Waals surface area contributed by atoms with Crippen LogP contribution in [0.1, 0.15) is 5.76 Å².